The number of rotatable bonds is 2. The van der Waals surface area contributed by atoms with E-state index in [1.165, 1.54) is 18.6 Å². The standard InChI is InChI=1S/C14H12N2O5/c17-13(15-16-14(18)10-3-4-19-8-10)9-1-2-11-12(7-9)21-6-5-20-11/h1-4,7-8H,5-6H2,(H,15,17)(H,16,18). The number of amides is 2. The molecule has 108 valence electrons. The minimum absolute atomic E-state index is 0.317. The van der Waals surface area contributed by atoms with Crippen molar-refractivity contribution in [3.63, 3.8) is 0 Å². The number of carbonyl (C=O) groups excluding carboxylic acids is 2. The first-order valence-corrected chi connectivity index (χ1v) is 6.26. The first-order chi connectivity index (χ1) is 10.2. The number of fused-ring (bicyclic) bond motifs is 1. The van der Waals surface area contributed by atoms with Crippen molar-refractivity contribution in [3.8, 4) is 11.5 Å². The molecule has 0 fully saturated rings. The Hall–Kier alpha value is -2.96. The Morgan fingerprint density at radius 3 is 2.33 bits per heavy atom. The number of carbonyl (C=O) groups is 2. The third kappa shape index (κ3) is 2.81. The van der Waals surface area contributed by atoms with Gasteiger partial charge in [-0.3, -0.25) is 20.4 Å². The number of hydrogen-bond donors (Lipinski definition) is 2. The summed E-state index contributed by atoms with van der Waals surface area (Å²) in [5, 5.41) is 0. The van der Waals surface area contributed by atoms with E-state index in [-0.39, 0.29) is 0 Å². The van der Waals surface area contributed by atoms with Gasteiger partial charge in [-0.15, -0.1) is 0 Å². The molecule has 21 heavy (non-hydrogen) atoms. The van der Waals surface area contributed by atoms with Gasteiger partial charge in [-0.25, -0.2) is 0 Å². The minimum atomic E-state index is -0.463. The van der Waals surface area contributed by atoms with Crippen molar-refractivity contribution in [3.05, 3.63) is 47.9 Å². The molecule has 1 aromatic heterocycles. The lowest BCUT2D eigenvalue weighted by molar-refractivity contribution is 0.0845. The predicted octanol–water partition coefficient (Wildman–Crippen LogP) is 1.13. The quantitative estimate of drug-likeness (QED) is 0.808. The third-order valence-corrected chi connectivity index (χ3v) is 2.88. The lowest BCUT2D eigenvalue weighted by Crippen LogP contribution is -2.41. The molecule has 0 bridgehead atoms. The lowest BCUT2D eigenvalue weighted by Gasteiger charge is -2.18. The molecule has 2 heterocycles. The van der Waals surface area contributed by atoms with Crippen LogP contribution >= 0.6 is 0 Å². The number of ether oxygens (including phenoxy) is 2. The Morgan fingerprint density at radius 2 is 1.62 bits per heavy atom. The van der Waals surface area contributed by atoms with Crippen LogP contribution in [0.15, 0.2) is 41.2 Å². The smallest absolute Gasteiger partial charge is 0.272 e. The van der Waals surface area contributed by atoms with E-state index in [9.17, 15) is 9.59 Å². The maximum atomic E-state index is 12.0. The molecule has 0 atom stereocenters. The normalized spacial score (nSPS) is 12.6. The fourth-order valence-electron chi connectivity index (χ4n) is 1.84. The Balaban J connectivity index is 1.64. The van der Waals surface area contributed by atoms with Gasteiger partial charge in [-0.05, 0) is 24.3 Å². The number of hydrogen-bond acceptors (Lipinski definition) is 5. The van der Waals surface area contributed by atoms with Crippen molar-refractivity contribution in [1.29, 1.82) is 0 Å². The van der Waals surface area contributed by atoms with Crippen LogP contribution in [0, 0.1) is 0 Å². The molecule has 3 rings (SSSR count). The summed E-state index contributed by atoms with van der Waals surface area (Å²) in [6.45, 7) is 0.925. The summed E-state index contributed by atoms with van der Waals surface area (Å²) in [4.78, 5) is 23.6. The summed E-state index contributed by atoms with van der Waals surface area (Å²) in [6, 6.07) is 6.30. The van der Waals surface area contributed by atoms with Crippen LogP contribution in [-0.2, 0) is 0 Å². The molecule has 0 spiro atoms. The SMILES string of the molecule is O=C(NNC(=O)c1ccc2c(c1)OCCO2)c1ccoc1. The Bertz CT molecular complexity index is 666. The van der Waals surface area contributed by atoms with Crippen LogP contribution in [-0.4, -0.2) is 25.0 Å². The maximum Gasteiger partial charge on any atom is 0.272 e. The molecule has 0 aliphatic carbocycles. The monoisotopic (exact) mass is 288 g/mol. The fraction of sp³-hybridized carbons (Fsp3) is 0.143. The zero-order valence-electron chi connectivity index (χ0n) is 10.9. The van der Waals surface area contributed by atoms with Crippen molar-refractivity contribution in [2.75, 3.05) is 13.2 Å². The van der Waals surface area contributed by atoms with Crippen LogP contribution in [0.5, 0.6) is 11.5 Å². The summed E-state index contributed by atoms with van der Waals surface area (Å²) in [5.74, 6) is 0.189. The Labute approximate surface area is 119 Å². The maximum absolute atomic E-state index is 12.0. The van der Waals surface area contributed by atoms with E-state index in [1.54, 1.807) is 18.2 Å². The van der Waals surface area contributed by atoms with Gasteiger partial charge >= 0.3 is 0 Å². The highest BCUT2D eigenvalue weighted by molar-refractivity contribution is 5.99. The van der Waals surface area contributed by atoms with E-state index in [0.29, 0.717) is 35.8 Å². The van der Waals surface area contributed by atoms with E-state index < -0.39 is 11.8 Å². The van der Waals surface area contributed by atoms with Crippen LogP contribution < -0.4 is 20.3 Å². The molecule has 1 aliphatic rings. The molecule has 0 unspecified atom stereocenters. The lowest BCUT2D eigenvalue weighted by atomic mass is 10.2. The predicted molar refractivity (Wildman–Crippen MR) is 71.1 cm³/mol. The van der Waals surface area contributed by atoms with E-state index >= 15 is 0 Å². The van der Waals surface area contributed by atoms with Crippen molar-refractivity contribution < 1.29 is 23.5 Å². The zero-order valence-corrected chi connectivity index (χ0v) is 10.9. The van der Waals surface area contributed by atoms with Crippen LogP contribution in [0.1, 0.15) is 20.7 Å². The van der Waals surface area contributed by atoms with Crippen molar-refractivity contribution in [1.82, 2.24) is 10.9 Å². The molecule has 0 saturated heterocycles. The van der Waals surface area contributed by atoms with Crippen LogP contribution in [0.2, 0.25) is 0 Å². The molecule has 2 N–H and O–H groups in total. The molecular weight excluding hydrogens is 276 g/mol. The minimum Gasteiger partial charge on any atom is -0.486 e. The molecule has 7 nitrogen and oxygen atoms in total. The van der Waals surface area contributed by atoms with Gasteiger partial charge in [0.15, 0.2) is 11.5 Å². The highest BCUT2D eigenvalue weighted by Gasteiger charge is 2.15. The Kier molecular flexibility index (Phi) is 3.46. The van der Waals surface area contributed by atoms with Gasteiger partial charge in [-0.2, -0.15) is 0 Å². The topological polar surface area (TPSA) is 89.8 Å². The molecule has 1 aromatic carbocycles. The van der Waals surface area contributed by atoms with E-state index in [1.807, 2.05) is 0 Å². The summed E-state index contributed by atoms with van der Waals surface area (Å²) < 4.78 is 15.5. The van der Waals surface area contributed by atoms with Crippen LogP contribution in [0.4, 0.5) is 0 Å². The Morgan fingerprint density at radius 1 is 0.905 bits per heavy atom. The molecular formula is C14H12N2O5. The van der Waals surface area contributed by atoms with Crippen molar-refractivity contribution >= 4 is 11.8 Å². The summed E-state index contributed by atoms with van der Waals surface area (Å²) in [7, 11) is 0. The summed E-state index contributed by atoms with van der Waals surface area (Å²) >= 11 is 0. The van der Waals surface area contributed by atoms with Crippen molar-refractivity contribution in [2.45, 2.75) is 0 Å². The molecule has 7 heteroatoms. The first kappa shape index (κ1) is 13.0. The van der Waals surface area contributed by atoms with Gasteiger partial charge in [-0.1, -0.05) is 0 Å². The summed E-state index contributed by atoms with van der Waals surface area (Å²) in [6.07, 6.45) is 2.66. The highest BCUT2D eigenvalue weighted by Crippen LogP contribution is 2.30. The second kappa shape index (κ2) is 5.58. The number of nitrogens with one attached hydrogen (secondary N) is 2. The number of benzene rings is 1. The highest BCUT2D eigenvalue weighted by atomic mass is 16.6. The average molecular weight is 288 g/mol. The number of furan rings is 1. The second-order valence-corrected chi connectivity index (χ2v) is 4.28. The molecule has 1 aliphatic heterocycles. The summed E-state index contributed by atoms with van der Waals surface area (Å²) in [5.41, 5.74) is 5.28. The van der Waals surface area contributed by atoms with Gasteiger partial charge in [0.05, 0.1) is 11.8 Å². The average Bonchev–Trinajstić information content (AvgIpc) is 3.06. The molecule has 2 aromatic rings. The zero-order chi connectivity index (χ0) is 14.7. The van der Waals surface area contributed by atoms with Gasteiger partial charge in [0.1, 0.15) is 19.5 Å². The molecule has 2 amide bonds. The third-order valence-electron chi connectivity index (χ3n) is 2.88. The van der Waals surface area contributed by atoms with Crippen LogP contribution in [0.3, 0.4) is 0 Å². The van der Waals surface area contributed by atoms with Crippen molar-refractivity contribution in [2.24, 2.45) is 0 Å². The van der Waals surface area contributed by atoms with E-state index in [0.717, 1.165) is 0 Å². The van der Waals surface area contributed by atoms with E-state index in [4.69, 9.17) is 13.9 Å². The molecule has 0 radical (unpaired) electrons. The van der Waals surface area contributed by atoms with Gasteiger partial charge in [0, 0.05) is 5.56 Å². The van der Waals surface area contributed by atoms with Gasteiger partial charge < -0.3 is 13.9 Å². The number of hydrazine groups is 1. The van der Waals surface area contributed by atoms with Crippen LogP contribution in [0.25, 0.3) is 0 Å². The van der Waals surface area contributed by atoms with Gasteiger partial charge in [0.2, 0.25) is 0 Å². The van der Waals surface area contributed by atoms with E-state index in [2.05, 4.69) is 10.9 Å². The second-order valence-electron chi connectivity index (χ2n) is 4.28. The largest absolute Gasteiger partial charge is 0.486 e. The van der Waals surface area contributed by atoms with Gasteiger partial charge in [0.25, 0.3) is 11.8 Å². The first-order valence-electron chi connectivity index (χ1n) is 6.26. The fourth-order valence-corrected chi connectivity index (χ4v) is 1.84. The molecule has 0 saturated carbocycles.